The zero-order chi connectivity index (χ0) is 21.1. The van der Waals surface area contributed by atoms with Crippen LogP contribution in [0.2, 0.25) is 0 Å². The summed E-state index contributed by atoms with van der Waals surface area (Å²) in [5.74, 6) is 2.86. The standard InChI is InChI=1S/C24H30N6/c1-5-17(4)29(7-3)23-13-12-18(14-26-23)24-28-20-10-8-9-11-21(20)30(24)16-22-25-15-19(6-2)27-22/h8-15,17H,5-7,16H2,1-4H3,(H,25,27). The molecule has 0 saturated heterocycles. The van der Waals surface area contributed by atoms with Crippen LogP contribution in [0.15, 0.2) is 48.8 Å². The maximum atomic E-state index is 4.92. The molecule has 6 nitrogen and oxygen atoms in total. The number of hydrogen-bond acceptors (Lipinski definition) is 4. The Balaban J connectivity index is 1.73. The lowest BCUT2D eigenvalue weighted by Crippen LogP contribution is -2.32. The third-order valence-electron chi connectivity index (χ3n) is 5.79. The highest BCUT2D eigenvalue weighted by atomic mass is 15.2. The smallest absolute Gasteiger partial charge is 0.143 e. The van der Waals surface area contributed by atoms with E-state index in [1.54, 1.807) is 0 Å². The number of H-pyrrole nitrogens is 1. The number of fused-ring (bicyclic) bond motifs is 1. The summed E-state index contributed by atoms with van der Waals surface area (Å²) < 4.78 is 2.22. The normalized spacial score (nSPS) is 12.4. The molecule has 4 rings (SSSR count). The molecule has 0 spiro atoms. The van der Waals surface area contributed by atoms with Gasteiger partial charge in [0.1, 0.15) is 17.5 Å². The SMILES string of the molecule is CCc1cnc(Cn2c(-c3ccc(N(CC)C(C)CC)nc3)nc3ccccc32)[nH]1. The molecule has 1 atom stereocenters. The van der Waals surface area contributed by atoms with Crippen LogP contribution in [0.5, 0.6) is 0 Å². The van der Waals surface area contributed by atoms with Gasteiger partial charge in [0, 0.05) is 36.2 Å². The summed E-state index contributed by atoms with van der Waals surface area (Å²) in [6.07, 6.45) is 5.90. The summed E-state index contributed by atoms with van der Waals surface area (Å²) in [4.78, 5) is 20.0. The van der Waals surface area contributed by atoms with Gasteiger partial charge in [-0.2, -0.15) is 0 Å². The van der Waals surface area contributed by atoms with Gasteiger partial charge in [-0.3, -0.25) is 0 Å². The van der Waals surface area contributed by atoms with E-state index in [0.29, 0.717) is 12.6 Å². The molecule has 6 heteroatoms. The first kappa shape index (κ1) is 20.1. The molecule has 0 aliphatic rings. The van der Waals surface area contributed by atoms with Gasteiger partial charge in [-0.05, 0) is 51.0 Å². The number of nitrogens with zero attached hydrogens (tertiary/aromatic N) is 5. The first-order valence-corrected chi connectivity index (χ1v) is 10.9. The van der Waals surface area contributed by atoms with Crippen LogP contribution < -0.4 is 4.90 Å². The van der Waals surface area contributed by atoms with Gasteiger partial charge in [0.05, 0.1) is 17.6 Å². The van der Waals surface area contributed by atoms with Gasteiger partial charge in [-0.15, -0.1) is 0 Å². The molecule has 1 unspecified atom stereocenters. The first-order chi connectivity index (χ1) is 14.6. The Morgan fingerprint density at radius 2 is 1.87 bits per heavy atom. The Morgan fingerprint density at radius 3 is 2.53 bits per heavy atom. The Labute approximate surface area is 178 Å². The number of nitrogens with one attached hydrogen (secondary N) is 1. The molecule has 0 radical (unpaired) electrons. The topological polar surface area (TPSA) is 62.6 Å². The van der Waals surface area contributed by atoms with Gasteiger partial charge in [0.2, 0.25) is 0 Å². The second kappa shape index (κ2) is 8.69. The van der Waals surface area contributed by atoms with Gasteiger partial charge >= 0.3 is 0 Å². The number of aromatic amines is 1. The molecule has 0 aliphatic carbocycles. The first-order valence-electron chi connectivity index (χ1n) is 10.9. The average molecular weight is 403 g/mol. The van der Waals surface area contributed by atoms with Crippen LogP contribution in [0, 0.1) is 0 Å². The van der Waals surface area contributed by atoms with Crippen LogP contribution in [0.3, 0.4) is 0 Å². The van der Waals surface area contributed by atoms with Gasteiger partial charge in [-0.1, -0.05) is 26.0 Å². The summed E-state index contributed by atoms with van der Waals surface area (Å²) in [6.45, 7) is 10.3. The van der Waals surface area contributed by atoms with E-state index in [1.807, 2.05) is 18.5 Å². The number of pyridine rings is 1. The van der Waals surface area contributed by atoms with E-state index in [2.05, 4.69) is 77.5 Å². The fourth-order valence-electron chi connectivity index (χ4n) is 3.88. The number of benzene rings is 1. The molecule has 3 aromatic heterocycles. The van der Waals surface area contributed by atoms with Crippen molar-refractivity contribution in [2.75, 3.05) is 11.4 Å². The number of anilines is 1. The number of hydrogen-bond donors (Lipinski definition) is 1. The lowest BCUT2D eigenvalue weighted by atomic mass is 10.2. The van der Waals surface area contributed by atoms with Crippen molar-refractivity contribution in [3.8, 4) is 11.4 Å². The predicted molar refractivity (Wildman–Crippen MR) is 123 cm³/mol. The molecule has 0 bridgehead atoms. The summed E-state index contributed by atoms with van der Waals surface area (Å²) in [7, 11) is 0. The summed E-state index contributed by atoms with van der Waals surface area (Å²) in [6, 6.07) is 12.9. The zero-order valence-electron chi connectivity index (χ0n) is 18.3. The Bertz CT molecular complexity index is 1110. The minimum absolute atomic E-state index is 0.463. The molecule has 0 amide bonds. The van der Waals surface area contributed by atoms with E-state index in [0.717, 1.165) is 59.1 Å². The van der Waals surface area contributed by atoms with E-state index < -0.39 is 0 Å². The van der Waals surface area contributed by atoms with Crippen molar-refractivity contribution in [2.24, 2.45) is 0 Å². The summed E-state index contributed by atoms with van der Waals surface area (Å²) >= 11 is 0. The Morgan fingerprint density at radius 1 is 1.03 bits per heavy atom. The average Bonchev–Trinajstić information content (AvgIpc) is 3.39. The quantitative estimate of drug-likeness (QED) is 0.448. The van der Waals surface area contributed by atoms with Crippen molar-refractivity contribution in [3.63, 3.8) is 0 Å². The Kier molecular flexibility index (Phi) is 5.84. The highest BCUT2D eigenvalue weighted by Crippen LogP contribution is 2.27. The predicted octanol–water partition coefficient (Wildman–Crippen LogP) is 5.06. The molecule has 3 heterocycles. The zero-order valence-corrected chi connectivity index (χ0v) is 18.3. The van der Waals surface area contributed by atoms with Gasteiger partial charge in [0.15, 0.2) is 0 Å². The van der Waals surface area contributed by atoms with Gasteiger partial charge in [0.25, 0.3) is 0 Å². The molecule has 30 heavy (non-hydrogen) atoms. The maximum absolute atomic E-state index is 4.92. The van der Waals surface area contributed by atoms with Crippen molar-refractivity contribution in [3.05, 3.63) is 60.3 Å². The summed E-state index contributed by atoms with van der Waals surface area (Å²) in [5, 5.41) is 0. The number of aromatic nitrogens is 5. The van der Waals surface area contributed by atoms with Crippen molar-refractivity contribution in [2.45, 2.75) is 53.1 Å². The number of rotatable bonds is 8. The fraction of sp³-hybridized carbons (Fsp3) is 0.375. The molecule has 0 aliphatic heterocycles. The van der Waals surface area contributed by atoms with Crippen LogP contribution >= 0.6 is 0 Å². The largest absolute Gasteiger partial charge is 0.354 e. The van der Waals surface area contributed by atoms with Crippen LogP contribution in [0.4, 0.5) is 5.82 Å². The number of imidazole rings is 2. The van der Waals surface area contributed by atoms with E-state index in [1.165, 1.54) is 0 Å². The van der Waals surface area contributed by atoms with Crippen LogP contribution in [0.25, 0.3) is 22.4 Å². The second-order valence-electron chi connectivity index (χ2n) is 7.67. The molecule has 1 aromatic carbocycles. The van der Waals surface area contributed by atoms with E-state index in [9.17, 15) is 0 Å². The van der Waals surface area contributed by atoms with Crippen LogP contribution in [0.1, 0.15) is 45.6 Å². The van der Waals surface area contributed by atoms with Crippen molar-refractivity contribution < 1.29 is 0 Å². The summed E-state index contributed by atoms with van der Waals surface area (Å²) in [5.41, 5.74) is 4.23. The fourth-order valence-corrected chi connectivity index (χ4v) is 3.88. The lowest BCUT2D eigenvalue weighted by molar-refractivity contribution is 0.623. The van der Waals surface area contributed by atoms with Crippen molar-refractivity contribution >= 4 is 16.9 Å². The Hall–Kier alpha value is -3.15. The third-order valence-corrected chi connectivity index (χ3v) is 5.79. The highest BCUT2D eigenvalue weighted by molar-refractivity contribution is 5.80. The maximum Gasteiger partial charge on any atom is 0.143 e. The van der Waals surface area contributed by atoms with Gasteiger partial charge in [-0.25, -0.2) is 15.0 Å². The molecule has 4 aromatic rings. The molecular formula is C24H30N6. The van der Waals surface area contributed by atoms with Crippen molar-refractivity contribution in [1.29, 1.82) is 0 Å². The molecular weight excluding hydrogens is 372 g/mol. The second-order valence-corrected chi connectivity index (χ2v) is 7.67. The lowest BCUT2D eigenvalue weighted by Gasteiger charge is -2.28. The number of aryl methyl sites for hydroxylation is 1. The monoisotopic (exact) mass is 402 g/mol. The van der Waals surface area contributed by atoms with Crippen LogP contribution in [-0.2, 0) is 13.0 Å². The highest BCUT2D eigenvalue weighted by Gasteiger charge is 2.16. The van der Waals surface area contributed by atoms with Gasteiger partial charge < -0.3 is 14.5 Å². The third kappa shape index (κ3) is 3.82. The molecule has 1 N–H and O–H groups in total. The van der Waals surface area contributed by atoms with E-state index in [-0.39, 0.29) is 0 Å². The van der Waals surface area contributed by atoms with E-state index in [4.69, 9.17) is 9.97 Å². The molecule has 0 saturated carbocycles. The van der Waals surface area contributed by atoms with Crippen molar-refractivity contribution in [1.82, 2.24) is 24.5 Å². The van der Waals surface area contributed by atoms with Crippen LogP contribution in [-0.4, -0.2) is 37.1 Å². The molecule has 0 fully saturated rings. The van der Waals surface area contributed by atoms with E-state index >= 15 is 0 Å². The number of para-hydroxylation sites is 2. The molecule has 156 valence electrons. The minimum Gasteiger partial charge on any atom is -0.354 e. The minimum atomic E-state index is 0.463.